The molecule has 1 aromatic carbocycles. The van der Waals surface area contributed by atoms with E-state index in [1.807, 2.05) is 46.6 Å². The van der Waals surface area contributed by atoms with E-state index in [2.05, 4.69) is 29.8 Å². The fourth-order valence-electron chi connectivity index (χ4n) is 3.19. The molecule has 0 aliphatic carbocycles. The van der Waals surface area contributed by atoms with E-state index in [9.17, 15) is 4.79 Å². The van der Waals surface area contributed by atoms with Gasteiger partial charge in [0.25, 0.3) is 5.91 Å². The molecule has 1 saturated heterocycles. The molecule has 3 rings (SSSR count). The van der Waals surface area contributed by atoms with Crippen molar-refractivity contribution in [3.05, 3.63) is 58.3 Å². The van der Waals surface area contributed by atoms with Gasteiger partial charge in [0.1, 0.15) is 0 Å². The second-order valence-corrected chi connectivity index (χ2v) is 7.14. The highest BCUT2D eigenvalue weighted by Gasteiger charge is 2.27. The number of carbonyl (C=O) groups excluding carboxylic acids is 1. The van der Waals surface area contributed by atoms with E-state index in [4.69, 9.17) is 0 Å². The molecule has 2 aromatic rings. The molecule has 2 atom stereocenters. The van der Waals surface area contributed by atoms with E-state index in [1.54, 1.807) is 0 Å². The lowest BCUT2D eigenvalue weighted by atomic mass is 10.1. The molecule has 1 aliphatic heterocycles. The number of nitrogens with zero attached hydrogens (tertiary/aromatic N) is 1. The van der Waals surface area contributed by atoms with Gasteiger partial charge in [-0.15, -0.1) is 11.3 Å². The van der Waals surface area contributed by atoms with Crippen LogP contribution in [-0.4, -0.2) is 30.4 Å². The zero-order chi connectivity index (χ0) is 16.1. The van der Waals surface area contributed by atoms with Crippen LogP contribution >= 0.6 is 11.3 Å². The van der Waals surface area contributed by atoms with Gasteiger partial charge >= 0.3 is 0 Å². The molecule has 1 fully saturated rings. The van der Waals surface area contributed by atoms with Gasteiger partial charge in [0.2, 0.25) is 0 Å². The summed E-state index contributed by atoms with van der Waals surface area (Å²) >= 11 is 1.81. The van der Waals surface area contributed by atoms with E-state index in [1.165, 1.54) is 4.88 Å². The standard InChI is InChI=1S/C19H24N2OS/c1-2-17(18-9-6-12-23-18)20-13-15-10-11-21(14-15)19(22)16-7-4-3-5-8-16/h3-9,12,15,17,20H,2,10-11,13-14H2,1H3/t15-,17-/m1/s1. The average molecular weight is 328 g/mol. The fourth-order valence-corrected chi connectivity index (χ4v) is 4.08. The predicted molar refractivity (Wildman–Crippen MR) is 95.8 cm³/mol. The molecular weight excluding hydrogens is 304 g/mol. The van der Waals surface area contributed by atoms with Crippen LogP contribution in [0.3, 0.4) is 0 Å². The fraction of sp³-hybridized carbons (Fsp3) is 0.421. The van der Waals surface area contributed by atoms with Crippen molar-refractivity contribution in [2.75, 3.05) is 19.6 Å². The maximum Gasteiger partial charge on any atom is 0.253 e. The molecule has 2 heterocycles. The van der Waals surface area contributed by atoms with Crippen molar-refractivity contribution in [3.63, 3.8) is 0 Å². The van der Waals surface area contributed by atoms with Gasteiger partial charge in [0, 0.05) is 36.1 Å². The smallest absolute Gasteiger partial charge is 0.253 e. The van der Waals surface area contributed by atoms with Crippen LogP contribution in [0.1, 0.15) is 41.0 Å². The molecule has 4 heteroatoms. The molecule has 0 unspecified atom stereocenters. The SMILES string of the molecule is CC[C@@H](NC[C@H]1CCN(C(=O)c2ccccc2)C1)c1cccs1. The third-order valence-corrected chi connectivity index (χ3v) is 5.53. The Kier molecular flexibility index (Phi) is 5.47. The summed E-state index contributed by atoms with van der Waals surface area (Å²) in [6.07, 6.45) is 2.19. The summed E-state index contributed by atoms with van der Waals surface area (Å²) in [5.41, 5.74) is 0.797. The molecule has 3 nitrogen and oxygen atoms in total. The molecule has 1 aromatic heterocycles. The van der Waals surface area contributed by atoms with Gasteiger partial charge in [0.15, 0.2) is 0 Å². The molecule has 1 aliphatic rings. The summed E-state index contributed by atoms with van der Waals surface area (Å²) in [7, 11) is 0. The number of carbonyl (C=O) groups is 1. The first-order valence-electron chi connectivity index (χ1n) is 8.39. The monoisotopic (exact) mass is 328 g/mol. The van der Waals surface area contributed by atoms with Gasteiger partial charge in [-0.05, 0) is 42.3 Å². The van der Waals surface area contributed by atoms with Crippen LogP contribution < -0.4 is 5.32 Å². The van der Waals surface area contributed by atoms with Crippen molar-refractivity contribution < 1.29 is 4.79 Å². The van der Waals surface area contributed by atoms with Crippen LogP contribution in [0.5, 0.6) is 0 Å². The molecule has 1 N–H and O–H groups in total. The summed E-state index contributed by atoms with van der Waals surface area (Å²) < 4.78 is 0. The Hall–Kier alpha value is -1.65. The lowest BCUT2D eigenvalue weighted by Gasteiger charge is -2.20. The third kappa shape index (κ3) is 4.01. The van der Waals surface area contributed by atoms with Gasteiger partial charge in [0.05, 0.1) is 0 Å². The van der Waals surface area contributed by atoms with Crippen molar-refractivity contribution in [3.8, 4) is 0 Å². The minimum Gasteiger partial charge on any atom is -0.338 e. The van der Waals surface area contributed by atoms with E-state index < -0.39 is 0 Å². The molecule has 0 radical (unpaired) electrons. The zero-order valence-electron chi connectivity index (χ0n) is 13.6. The number of rotatable bonds is 6. The first-order chi connectivity index (χ1) is 11.3. The first-order valence-corrected chi connectivity index (χ1v) is 9.27. The number of likely N-dealkylation sites (tertiary alicyclic amines) is 1. The maximum atomic E-state index is 12.5. The van der Waals surface area contributed by atoms with Crippen molar-refractivity contribution in [1.82, 2.24) is 10.2 Å². The second-order valence-electron chi connectivity index (χ2n) is 6.16. The van der Waals surface area contributed by atoms with Crippen LogP contribution in [0.15, 0.2) is 47.8 Å². The quantitative estimate of drug-likeness (QED) is 0.871. The van der Waals surface area contributed by atoms with Crippen molar-refractivity contribution in [1.29, 1.82) is 0 Å². The number of hydrogen-bond acceptors (Lipinski definition) is 3. The highest BCUT2D eigenvalue weighted by atomic mass is 32.1. The molecule has 1 amide bonds. The van der Waals surface area contributed by atoms with Crippen molar-refractivity contribution >= 4 is 17.2 Å². The largest absolute Gasteiger partial charge is 0.338 e. The highest BCUT2D eigenvalue weighted by Crippen LogP contribution is 2.23. The Balaban J connectivity index is 1.51. The van der Waals surface area contributed by atoms with E-state index in [0.717, 1.165) is 38.0 Å². The summed E-state index contributed by atoms with van der Waals surface area (Å²) in [5.74, 6) is 0.718. The van der Waals surface area contributed by atoms with Crippen LogP contribution in [0.4, 0.5) is 0 Å². The Morgan fingerprint density at radius 2 is 2.13 bits per heavy atom. The van der Waals surface area contributed by atoms with Gasteiger partial charge in [-0.3, -0.25) is 4.79 Å². The predicted octanol–water partition coefficient (Wildman–Crippen LogP) is 3.95. The highest BCUT2D eigenvalue weighted by molar-refractivity contribution is 7.10. The topological polar surface area (TPSA) is 32.3 Å². The van der Waals surface area contributed by atoms with Gasteiger partial charge < -0.3 is 10.2 Å². The molecular formula is C19H24N2OS. The Morgan fingerprint density at radius 3 is 2.83 bits per heavy atom. The number of amides is 1. The number of benzene rings is 1. The Morgan fingerprint density at radius 1 is 1.30 bits per heavy atom. The molecule has 23 heavy (non-hydrogen) atoms. The Bertz CT molecular complexity index is 612. The molecule has 0 spiro atoms. The minimum atomic E-state index is 0.165. The van der Waals surface area contributed by atoms with Gasteiger partial charge in [-0.25, -0.2) is 0 Å². The summed E-state index contributed by atoms with van der Waals surface area (Å²) in [6, 6.07) is 14.4. The number of hydrogen-bond donors (Lipinski definition) is 1. The van der Waals surface area contributed by atoms with Crippen LogP contribution in [-0.2, 0) is 0 Å². The van der Waals surface area contributed by atoms with Crippen molar-refractivity contribution in [2.45, 2.75) is 25.8 Å². The maximum absolute atomic E-state index is 12.5. The third-order valence-electron chi connectivity index (χ3n) is 4.54. The van der Waals surface area contributed by atoms with Crippen molar-refractivity contribution in [2.24, 2.45) is 5.92 Å². The zero-order valence-corrected chi connectivity index (χ0v) is 14.4. The first kappa shape index (κ1) is 16.2. The summed E-state index contributed by atoms with van der Waals surface area (Å²) in [4.78, 5) is 15.9. The lowest BCUT2D eigenvalue weighted by Crippen LogP contribution is -2.31. The lowest BCUT2D eigenvalue weighted by molar-refractivity contribution is 0.0787. The van der Waals surface area contributed by atoms with Gasteiger partial charge in [-0.2, -0.15) is 0 Å². The van der Waals surface area contributed by atoms with Crippen LogP contribution in [0.25, 0.3) is 0 Å². The van der Waals surface area contributed by atoms with E-state index in [-0.39, 0.29) is 5.91 Å². The van der Waals surface area contributed by atoms with Crippen LogP contribution in [0, 0.1) is 5.92 Å². The summed E-state index contributed by atoms with van der Waals surface area (Å²) in [6.45, 7) is 4.93. The molecule has 122 valence electrons. The minimum absolute atomic E-state index is 0.165. The normalized spacial score (nSPS) is 19.0. The Labute approximate surface area is 142 Å². The second kappa shape index (κ2) is 7.75. The summed E-state index contributed by atoms with van der Waals surface area (Å²) in [5, 5.41) is 5.82. The van der Waals surface area contributed by atoms with Gasteiger partial charge in [-0.1, -0.05) is 31.2 Å². The molecule has 0 bridgehead atoms. The van der Waals surface area contributed by atoms with E-state index >= 15 is 0 Å². The van der Waals surface area contributed by atoms with Crippen LogP contribution in [0.2, 0.25) is 0 Å². The number of thiophene rings is 1. The molecule has 0 saturated carbocycles. The van der Waals surface area contributed by atoms with E-state index in [0.29, 0.717) is 12.0 Å². The number of nitrogens with one attached hydrogen (secondary N) is 1. The average Bonchev–Trinajstić information content (AvgIpc) is 3.27.